The fourth-order valence-electron chi connectivity index (χ4n) is 5.62. The lowest BCUT2D eigenvalue weighted by Gasteiger charge is -2.44. The lowest BCUT2D eigenvalue weighted by molar-refractivity contribution is -0.144. The number of likely N-dealkylation sites (tertiary alicyclic amines) is 1. The molecule has 0 radical (unpaired) electrons. The Morgan fingerprint density at radius 3 is 2.58 bits per heavy atom. The zero-order valence-corrected chi connectivity index (χ0v) is 23.3. The van der Waals surface area contributed by atoms with Crippen molar-refractivity contribution in [2.45, 2.75) is 51.6 Å². The van der Waals surface area contributed by atoms with Crippen LogP contribution >= 0.6 is 0 Å². The number of carbonyl (C=O) groups is 3. The molecule has 2 aliphatic heterocycles. The van der Waals surface area contributed by atoms with Gasteiger partial charge in [0.05, 0.1) is 24.0 Å². The van der Waals surface area contributed by atoms with Gasteiger partial charge >= 0.3 is 6.09 Å². The topological polar surface area (TPSA) is 127 Å². The summed E-state index contributed by atoms with van der Waals surface area (Å²) in [5, 5.41) is 25.2. The van der Waals surface area contributed by atoms with Gasteiger partial charge in [0.1, 0.15) is 17.2 Å². The van der Waals surface area contributed by atoms with Gasteiger partial charge in [0.2, 0.25) is 5.91 Å². The van der Waals surface area contributed by atoms with E-state index >= 15 is 0 Å². The van der Waals surface area contributed by atoms with Gasteiger partial charge in [-0.15, -0.1) is 0 Å². The summed E-state index contributed by atoms with van der Waals surface area (Å²) in [6.07, 6.45) is -0.311. The van der Waals surface area contributed by atoms with E-state index in [4.69, 9.17) is 10.00 Å². The van der Waals surface area contributed by atoms with Crippen LogP contribution in [0.2, 0.25) is 0 Å². The zero-order valence-electron chi connectivity index (χ0n) is 23.3. The Bertz CT molecular complexity index is 1350. The van der Waals surface area contributed by atoms with Crippen LogP contribution in [0.25, 0.3) is 0 Å². The van der Waals surface area contributed by atoms with E-state index in [2.05, 4.69) is 11.2 Å². The van der Waals surface area contributed by atoms with E-state index in [1.54, 1.807) is 57.0 Å². The van der Waals surface area contributed by atoms with Crippen molar-refractivity contribution in [3.63, 3.8) is 0 Å². The SMILES string of the molecule is CN1N=C2CCN(C(=O)[C@@H](CCOc3cccc(C#N)c3)N(C(=O)O)C(C)(C)C)C[C@@]2(Cc2ccccc2)C1=O. The Labute approximate surface area is 234 Å². The summed E-state index contributed by atoms with van der Waals surface area (Å²) < 4.78 is 5.84. The standard InChI is InChI=1S/C30H35N5O5/c1-29(2,3)35(28(38)39)24(14-16-40-23-12-8-11-22(17-23)19-31)26(36)34-15-13-25-30(20-34,27(37)33(4)32-25)18-21-9-6-5-7-10-21/h5-12,17,24H,13-16,18,20H2,1-4H3,(H,38,39)/t24-,30-/m1/s1. The van der Waals surface area contributed by atoms with E-state index in [1.165, 1.54) is 9.91 Å². The first-order valence-corrected chi connectivity index (χ1v) is 13.3. The molecule has 40 heavy (non-hydrogen) atoms. The number of nitrogens with zero attached hydrogens (tertiary/aromatic N) is 5. The zero-order chi connectivity index (χ0) is 29.1. The maximum absolute atomic E-state index is 14.2. The lowest BCUT2D eigenvalue weighted by atomic mass is 9.73. The summed E-state index contributed by atoms with van der Waals surface area (Å²) in [4.78, 5) is 42.9. The van der Waals surface area contributed by atoms with E-state index in [0.717, 1.165) is 11.3 Å². The summed E-state index contributed by atoms with van der Waals surface area (Å²) in [5.74, 6) is -0.0873. The quantitative estimate of drug-likeness (QED) is 0.538. The van der Waals surface area contributed by atoms with E-state index in [0.29, 0.717) is 30.7 Å². The molecule has 0 bridgehead atoms. The second-order valence-electron chi connectivity index (χ2n) is 11.2. The van der Waals surface area contributed by atoms with Crippen molar-refractivity contribution in [1.82, 2.24) is 14.8 Å². The maximum Gasteiger partial charge on any atom is 0.408 e. The monoisotopic (exact) mass is 545 g/mol. The molecule has 2 heterocycles. The summed E-state index contributed by atoms with van der Waals surface area (Å²) in [5.41, 5.74) is 0.266. The first-order chi connectivity index (χ1) is 19.0. The van der Waals surface area contributed by atoms with Crippen LogP contribution in [-0.2, 0) is 16.0 Å². The summed E-state index contributed by atoms with van der Waals surface area (Å²) in [6, 6.07) is 17.3. The number of hydrazone groups is 1. The molecule has 0 unspecified atom stereocenters. The minimum absolute atomic E-state index is 0.0581. The number of benzene rings is 2. The fraction of sp³-hybridized carbons (Fsp3) is 0.433. The molecule has 2 aromatic rings. The Morgan fingerprint density at radius 1 is 1.20 bits per heavy atom. The van der Waals surface area contributed by atoms with Crippen LogP contribution in [0, 0.1) is 16.7 Å². The molecule has 1 saturated heterocycles. The molecular formula is C30H35N5O5. The van der Waals surface area contributed by atoms with Crippen molar-refractivity contribution in [2.75, 3.05) is 26.7 Å². The Kier molecular flexibility index (Phi) is 8.14. The molecule has 0 spiro atoms. The Hall–Kier alpha value is -4.39. The molecule has 0 saturated carbocycles. The van der Waals surface area contributed by atoms with Crippen LogP contribution in [0.1, 0.15) is 44.7 Å². The number of ether oxygens (including phenoxy) is 1. The van der Waals surface area contributed by atoms with Gasteiger partial charge in [0.25, 0.3) is 5.91 Å². The second kappa shape index (κ2) is 11.4. The summed E-state index contributed by atoms with van der Waals surface area (Å²) >= 11 is 0. The molecule has 1 N–H and O–H groups in total. The third-order valence-electron chi connectivity index (χ3n) is 7.41. The van der Waals surface area contributed by atoms with E-state index in [1.807, 2.05) is 30.3 Å². The van der Waals surface area contributed by atoms with Crippen LogP contribution in [0.5, 0.6) is 5.75 Å². The van der Waals surface area contributed by atoms with Gasteiger partial charge in [0.15, 0.2) is 0 Å². The van der Waals surface area contributed by atoms with Crippen molar-refractivity contribution in [2.24, 2.45) is 10.5 Å². The molecule has 0 aliphatic carbocycles. The molecule has 2 aliphatic rings. The maximum atomic E-state index is 14.2. The Morgan fingerprint density at radius 2 is 1.93 bits per heavy atom. The van der Waals surface area contributed by atoms with Crippen molar-refractivity contribution >= 4 is 23.6 Å². The number of amides is 3. The molecule has 0 aromatic heterocycles. The van der Waals surface area contributed by atoms with Crippen LogP contribution in [0.4, 0.5) is 4.79 Å². The molecule has 210 valence electrons. The van der Waals surface area contributed by atoms with Crippen LogP contribution in [-0.4, -0.2) is 81.9 Å². The van der Waals surface area contributed by atoms with Gasteiger partial charge in [-0.05, 0) is 51.0 Å². The third-order valence-corrected chi connectivity index (χ3v) is 7.41. The second-order valence-corrected chi connectivity index (χ2v) is 11.2. The highest BCUT2D eigenvalue weighted by Gasteiger charge is 2.54. The number of piperidine rings is 1. The smallest absolute Gasteiger partial charge is 0.408 e. The number of hydrogen-bond donors (Lipinski definition) is 1. The predicted octanol–water partition coefficient (Wildman–Crippen LogP) is 3.76. The highest BCUT2D eigenvalue weighted by Crippen LogP contribution is 2.38. The van der Waals surface area contributed by atoms with Crippen LogP contribution in [0.15, 0.2) is 59.7 Å². The Balaban J connectivity index is 1.61. The molecule has 3 amide bonds. The molecule has 10 nitrogen and oxygen atoms in total. The lowest BCUT2D eigenvalue weighted by Crippen LogP contribution is -2.62. The van der Waals surface area contributed by atoms with E-state index < -0.39 is 23.1 Å². The van der Waals surface area contributed by atoms with Crippen molar-refractivity contribution < 1.29 is 24.2 Å². The first-order valence-electron chi connectivity index (χ1n) is 13.3. The van der Waals surface area contributed by atoms with Crippen molar-refractivity contribution in [3.8, 4) is 11.8 Å². The average Bonchev–Trinajstić information content (AvgIpc) is 3.16. The van der Waals surface area contributed by atoms with Gasteiger partial charge in [-0.2, -0.15) is 10.4 Å². The van der Waals surface area contributed by atoms with Gasteiger partial charge in [0, 0.05) is 38.5 Å². The van der Waals surface area contributed by atoms with E-state index in [-0.39, 0.29) is 31.4 Å². The van der Waals surface area contributed by atoms with Crippen LogP contribution < -0.4 is 4.74 Å². The van der Waals surface area contributed by atoms with Gasteiger partial charge < -0.3 is 14.7 Å². The van der Waals surface area contributed by atoms with E-state index in [9.17, 15) is 19.5 Å². The number of carboxylic acid groups (broad SMARTS) is 1. The minimum atomic E-state index is -1.22. The van der Waals surface area contributed by atoms with Gasteiger partial charge in [-0.3, -0.25) is 14.5 Å². The summed E-state index contributed by atoms with van der Waals surface area (Å²) in [7, 11) is 1.62. The molecule has 10 heteroatoms. The molecule has 2 aromatic carbocycles. The third kappa shape index (κ3) is 5.78. The van der Waals surface area contributed by atoms with Crippen molar-refractivity contribution in [3.05, 3.63) is 65.7 Å². The number of fused-ring (bicyclic) bond motifs is 1. The first kappa shape index (κ1) is 28.6. The average molecular weight is 546 g/mol. The normalized spacial score (nSPS) is 19.4. The predicted molar refractivity (Wildman–Crippen MR) is 149 cm³/mol. The molecule has 2 atom stereocenters. The highest BCUT2D eigenvalue weighted by molar-refractivity contribution is 6.13. The number of rotatable bonds is 8. The highest BCUT2D eigenvalue weighted by atomic mass is 16.5. The number of carbonyl (C=O) groups excluding carboxylic acids is 2. The van der Waals surface area contributed by atoms with Gasteiger partial charge in [-0.25, -0.2) is 9.80 Å². The number of nitriles is 1. The molecular weight excluding hydrogens is 510 g/mol. The minimum Gasteiger partial charge on any atom is -0.493 e. The van der Waals surface area contributed by atoms with Crippen LogP contribution in [0.3, 0.4) is 0 Å². The van der Waals surface area contributed by atoms with Gasteiger partial charge in [-0.1, -0.05) is 36.4 Å². The fourth-order valence-corrected chi connectivity index (χ4v) is 5.62. The summed E-state index contributed by atoms with van der Waals surface area (Å²) in [6.45, 7) is 5.73. The molecule has 4 rings (SSSR count). The van der Waals surface area contributed by atoms with Crippen molar-refractivity contribution in [1.29, 1.82) is 5.26 Å². The largest absolute Gasteiger partial charge is 0.493 e. The molecule has 1 fully saturated rings. The number of hydrogen-bond acceptors (Lipinski definition) is 6.